The molecule has 0 heterocycles. The van der Waals surface area contributed by atoms with Gasteiger partial charge < -0.3 is 15.4 Å². The van der Waals surface area contributed by atoms with E-state index in [1.165, 1.54) is 38.5 Å². The van der Waals surface area contributed by atoms with E-state index >= 15 is 0 Å². The molecule has 0 aromatic heterocycles. The summed E-state index contributed by atoms with van der Waals surface area (Å²) in [6, 6.07) is 0.587. The minimum Gasteiger partial charge on any atom is -0.379 e. The van der Waals surface area contributed by atoms with Crippen LogP contribution in [0.4, 0.5) is 0 Å². The highest BCUT2D eigenvalue weighted by Crippen LogP contribution is 2.28. The highest BCUT2D eigenvalue weighted by molar-refractivity contribution is 5.80. The third kappa shape index (κ3) is 6.12. The zero-order chi connectivity index (χ0) is 14.2. The molecule has 20 heavy (non-hydrogen) atoms. The zero-order valence-electron chi connectivity index (χ0n) is 13.2. The summed E-state index contributed by atoms with van der Waals surface area (Å²) in [4.78, 5) is 4.62. The fourth-order valence-electron chi connectivity index (χ4n) is 2.84. The van der Waals surface area contributed by atoms with Crippen LogP contribution < -0.4 is 10.6 Å². The van der Waals surface area contributed by atoms with Gasteiger partial charge in [-0.25, -0.2) is 0 Å². The lowest BCUT2D eigenvalue weighted by atomic mass is 9.87. The van der Waals surface area contributed by atoms with Crippen LogP contribution in [0.2, 0.25) is 0 Å². The van der Waals surface area contributed by atoms with Crippen LogP contribution in [0.1, 0.15) is 52.4 Å². The normalized spacial score (nSPS) is 27.4. The van der Waals surface area contributed by atoms with Crippen LogP contribution in [0.5, 0.6) is 0 Å². The molecule has 4 nitrogen and oxygen atoms in total. The minimum atomic E-state index is 0.587. The first kappa shape index (κ1) is 15.6. The van der Waals surface area contributed by atoms with Gasteiger partial charge in [-0.2, -0.15) is 0 Å². The number of aliphatic imine (C=N–C) groups is 1. The Kier molecular flexibility index (Phi) is 6.64. The van der Waals surface area contributed by atoms with Gasteiger partial charge in [-0.05, 0) is 44.4 Å². The highest BCUT2D eigenvalue weighted by atomic mass is 16.5. The first-order chi connectivity index (χ1) is 9.78. The molecule has 0 aromatic carbocycles. The molecular formula is C16H31N3O. The molecule has 0 spiro atoms. The third-order valence-electron chi connectivity index (χ3n) is 4.18. The van der Waals surface area contributed by atoms with E-state index in [2.05, 4.69) is 29.5 Å². The monoisotopic (exact) mass is 281 g/mol. The Balaban J connectivity index is 1.66. The van der Waals surface area contributed by atoms with Gasteiger partial charge in [0.25, 0.3) is 0 Å². The van der Waals surface area contributed by atoms with Crippen LogP contribution in [0.3, 0.4) is 0 Å². The van der Waals surface area contributed by atoms with Gasteiger partial charge in [0.15, 0.2) is 5.96 Å². The maximum absolute atomic E-state index is 5.63. The summed E-state index contributed by atoms with van der Waals surface area (Å²) in [6.07, 6.45) is 7.96. The molecule has 0 bridgehead atoms. The van der Waals surface area contributed by atoms with Crippen molar-refractivity contribution in [2.75, 3.05) is 26.3 Å². The lowest BCUT2D eigenvalue weighted by Gasteiger charge is -2.28. The molecule has 0 aliphatic heterocycles. The minimum absolute atomic E-state index is 0.587. The zero-order valence-corrected chi connectivity index (χ0v) is 13.2. The van der Waals surface area contributed by atoms with E-state index in [4.69, 9.17) is 4.74 Å². The smallest absolute Gasteiger partial charge is 0.191 e. The summed E-state index contributed by atoms with van der Waals surface area (Å²) in [5, 5.41) is 6.92. The van der Waals surface area contributed by atoms with E-state index in [-0.39, 0.29) is 0 Å². The number of hydrogen-bond donors (Lipinski definition) is 2. The number of hydrogen-bond acceptors (Lipinski definition) is 2. The van der Waals surface area contributed by atoms with Crippen molar-refractivity contribution in [3.63, 3.8) is 0 Å². The van der Waals surface area contributed by atoms with Crippen molar-refractivity contribution in [3.8, 4) is 0 Å². The van der Waals surface area contributed by atoms with Crippen molar-refractivity contribution in [1.82, 2.24) is 10.6 Å². The summed E-state index contributed by atoms with van der Waals surface area (Å²) >= 11 is 0. The molecule has 2 aliphatic rings. The van der Waals surface area contributed by atoms with Crippen LogP contribution in [-0.4, -0.2) is 38.3 Å². The van der Waals surface area contributed by atoms with Gasteiger partial charge in [-0.3, -0.25) is 4.99 Å². The molecule has 0 aromatic rings. The number of nitrogens with one attached hydrogen (secondary N) is 2. The molecule has 0 amide bonds. The predicted molar refractivity (Wildman–Crippen MR) is 84.1 cm³/mol. The summed E-state index contributed by atoms with van der Waals surface area (Å²) in [7, 11) is 0. The maximum atomic E-state index is 5.63. The summed E-state index contributed by atoms with van der Waals surface area (Å²) in [5.74, 6) is 2.64. The molecule has 2 rings (SSSR count). The largest absolute Gasteiger partial charge is 0.379 e. The van der Waals surface area contributed by atoms with E-state index in [0.717, 1.165) is 44.1 Å². The van der Waals surface area contributed by atoms with Gasteiger partial charge in [0.1, 0.15) is 0 Å². The number of guanidine groups is 1. The molecule has 2 aliphatic carbocycles. The lowest BCUT2D eigenvalue weighted by Crippen LogP contribution is -2.45. The summed E-state index contributed by atoms with van der Waals surface area (Å²) in [5.41, 5.74) is 0. The molecule has 2 unspecified atom stereocenters. The Morgan fingerprint density at radius 1 is 1.25 bits per heavy atom. The quantitative estimate of drug-likeness (QED) is 0.428. The lowest BCUT2D eigenvalue weighted by molar-refractivity contribution is 0.131. The maximum Gasteiger partial charge on any atom is 0.191 e. The topological polar surface area (TPSA) is 45.7 Å². The average Bonchev–Trinajstić information content (AvgIpc) is 3.22. The predicted octanol–water partition coefficient (Wildman–Crippen LogP) is 2.55. The van der Waals surface area contributed by atoms with E-state index in [9.17, 15) is 0 Å². The van der Waals surface area contributed by atoms with Gasteiger partial charge in [0, 0.05) is 19.2 Å². The van der Waals surface area contributed by atoms with Crippen LogP contribution >= 0.6 is 0 Å². The number of rotatable bonds is 7. The van der Waals surface area contributed by atoms with E-state index in [1.807, 2.05) is 0 Å². The van der Waals surface area contributed by atoms with Gasteiger partial charge in [-0.15, -0.1) is 0 Å². The number of nitrogens with zero attached hydrogens (tertiary/aromatic N) is 1. The molecule has 2 saturated carbocycles. The van der Waals surface area contributed by atoms with E-state index in [1.54, 1.807) is 0 Å². The molecule has 116 valence electrons. The van der Waals surface area contributed by atoms with Gasteiger partial charge in [0.2, 0.25) is 0 Å². The second-order valence-electron chi connectivity index (χ2n) is 6.39. The van der Waals surface area contributed by atoms with E-state index in [0.29, 0.717) is 6.04 Å². The molecule has 0 radical (unpaired) electrons. The van der Waals surface area contributed by atoms with Crippen molar-refractivity contribution in [2.24, 2.45) is 16.8 Å². The SMILES string of the molecule is CCNC(=NCCOCC1CC1)NC1CCCC(C)C1. The van der Waals surface area contributed by atoms with Crippen molar-refractivity contribution >= 4 is 5.96 Å². The molecule has 2 fully saturated rings. The second-order valence-corrected chi connectivity index (χ2v) is 6.39. The average molecular weight is 281 g/mol. The molecule has 2 N–H and O–H groups in total. The second kappa shape index (κ2) is 8.50. The Morgan fingerprint density at radius 3 is 2.80 bits per heavy atom. The standard InChI is InChI=1S/C16H31N3O/c1-3-17-16(18-9-10-20-12-14-7-8-14)19-15-6-4-5-13(2)11-15/h13-15H,3-12H2,1-2H3,(H2,17,18,19). The first-order valence-corrected chi connectivity index (χ1v) is 8.40. The van der Waals surface area contributed by atoms with Crippen LogP contribution in [0, 0.1) is 11.8 Å². The Bertz CT molecular complexity index is 302. The Labute approximate surface area is 123 Å². The molecule has 4 heteroatoms. The van der Waals surface area contributed by atoms with Crippen LogP contribution in [-0.2, 0) is 4.74 Å². The van der Waals surface area contributed by atoms with Crippen molar-refractivity contribution in [3.05, 3.63) is 0 Å². The Morgan fingerprint density at radius 2 is 2.10 bits per heavy atom. The molecular weight excluding hydrogens is 250 g/mol. The van der Waals surface area contributed by atoms with Crippen LogP contribution in [0.25, 0.3) is 0 Å². The van der Waals surface area contributed by atoms with Gasteiger partial charge in [0.05, 0.1) is 13.2 Å². The summed E-state index contributed by atoms with van der Waals surface area (Å²) < 4.78 is 5.63. The molecule has 0 saturated heterocycles. The Hall–Kier alpha value is -0.770. The van der Waals surface area contributed by atoms with E-state index < -0.39 is 0 Å². The fraction of sp³-hybridized carbons (Fsp3) is 0.938. The molecule has 2 atom stereocenters. The highest BCUT2D eigenvalue weighted by Gasteiger charge is 2.21. The first-order valence-electron chi connectivity index (χ1n) is 8.40. The number of ether oxygens (including phenoxy) is 1. The van der Waals surface area contributed by atoms with Gasteiger partial charge in [-0.1, -0.05) is 19.8 Å². The van der Waals surface area contributed by atoms with Crippen molar-refractivity contribution in [1.29, 1.82) is 0 Å². The van der Waals surface area contributed by atoms with Crippen molar-refractivity contribution < 1.29 is 4.74 Å². The summed E-state index contributed by atoms with van der Waals surface area (Å²) in [6.45, 7) is 7.81. The fourth-order valence-corrected chi connectivity index (χ4v) is 2.84. The third-order valence-corrected chi connectivity index (χ3v) is 4.18. The van der Waals surface area contributed by atoms with Gasteiger partial charge >= 0.3 is 0 Å². The van der Waals surface area contributed by atoms with Crippen molar-refractivity contribution in [2.45, 2.75) is 58.4 Å². The van der Waals surface area contributed by atoms with Crippen LogP contribution in [0.15, 0.2) is 4.99 Å².